The van der Waals surface area contributed by atoms with Crippen LogP contribution in [0.1, 0.15) is 41.5 Å². The Bertz CT molecular complexity index is 829. The fraction of sp³-hybridized carbons (Fsp3) is 0.600. The zero-order valence-electron chi connectivity index (χ0n) is 17.8. The van der Waals surface area contributed by atoms with E-state index in [2.05, 4.69) is 87.9 Å². The molecule has 0 aliphatic rings. The predicted molar refractivity (Wildman–Crippen MR) is 120 cm³/mol. The lowest BCUT2D eigenvalue weighted by Gasteiger charge is -2.42. The number of rotatable bonds is 3. The predicted octanol–water partition coefficient (Wildman–Crippen LogP) is 7.78. The molecule has 1 aromatic heterocycles. The molecule has 6 heteroatoms. The van der Waals surface area contributed by atoms with Crippen molar-refractivity contribution in [1.29, 1.82) is 0 Å². The minimum absolute atomic E-state index is 0.0548. The zero-order chi connectivity index (χ0) is 20.3. The first-order chi connectivity index (χ1) is 11.5. The average molecular weight is 459 g/mol. The van der Waals surface area contributed by atoms with Crippen LogP contribution in [0.15, 0.2) is 22.7 Å². The van der Waals surface area contributed by atoms with E-state index in [-0.39, 0.29) is 15.9 Å². The van der Waals surface area contributed by atoms with Crippen molar-refractivity contribution in [3.8, 4) is 5.88 Å². The number of benzene rings is 1. The molecule has 26 heavy (non-hydrogen) atoms. The van der Waals surface area contributed by atoms with Crippen molar-refractivity contribution in [2.45, 2.75) is 77.8 Å². The molecule has 0 fully saturated rings. The van der Waals surface area contributed by atoms with Crippen molar-refractivity contribution < 1.29 is 8.82 Å². The SMILES string of the molecule is CC(C)(C)[Si](C)(C)Oc1cc2c(Br)ccc(F)c2n1[Si](C)(C)C(C)(C)C. The Hall–Kier alpha value is -0.596. The Morgan fingerprint density at radius 3 is 1.96 bits per heavy atom. The third-order valence-corrected chi connectivity index (χ3v) is 16.6. The highest BCUT2D eigenvalue weighted by atomic mass is 79.9. The molecule has 0 aliphatic heterocycles. The van der Waals surface area contributed by atoms with E-state index in [1.165, 1.54) is 0 Å². The fourth-order valence-corrected chi connectivity index (χ4v) is 6.22. The molecule has 2 rings (SSSR count). The fourth-order valence-electron chi connectivity index (χ4n) is 2.60. The molecule has 0 amide bonds. The van der Waals surface area contributed by atoms with Crippen molar-refractivity contribution in [2.24, 2.45) is 0 Å². The Morgan fingerprint density at radius 1 is 0.962 bits per heavy atom. The van der Waals surface area contributed by atoms with Gasteiger partial charge in [-0.2, -0.15) is 0 Å². The second-order valence-corrected chi connectivity index (χ2v) is 20.9. The molecule has 1 heterocycles. The number of hydrogen-bond acceptors (Lipinski definition) is 1. The lowest BCUT2D eigenvalue weighted by molar-refractivity contribution is 0.470. The third-order valence-electron chi connectivity index (χ3n) is 6.39. The van der Waals surface area contributed by atoms with Crippen LogP contribution in [0.4, 0.5) is 4.39 Å². The Morgan fingerprint density at radius 2 is 1.50 bits per heavy atom. The monoisotopic (exact) mass is 457 g/mol. The summed E-state index contributed by atoms with van der Waals surface area (Å²) < 4.78 is 24.8. The Kier molecular flexibility index (Phi) is 5.41. The zero-order valence-corrected chi connectivity index (χ0v) is 21.4. The van der Waals surface area contributed by atoms with E-state index in [0.717, 1.165) is 15.7 Å². The summed E-state index contributed by atoms with van der Waals surface area (Å²) in [5.74, 6) is 0.641. The van der Waals surface area contributed by atoms with E-state index in [1.54, 1.807) is 12.1 Å². The van der Waals surface area contributed by atoms with Gasteiger partial charge in [0.05, 0.1) is 5.52 Å². The van der Waals surface area contributed by atoms with Crippen molar-refractivity contribution in [2.75, 3.05) is 0 Å². The van der Waals surface area contributed by atoms with Crippen molar-refractivity contribution in [3.63, 3.8) is 0 Å². The summed E-state index contributed by atoms with van der Waals surface area (Å²) in [6, 6.07) is 5.36. The Balaban J connectivity index is 2.85. The molecular formula is C20H33BrFNOSi2. The highest BCUT2D eigenvalue weighted by Gasteiger charge is 2.44. The lowest BCUT2D eigenvalue weighted by atomic mass is 10.2. The largest absolute Gasteiger partial charge is 0.532 e. The van der Waals surface area contributed by atoms with Crippen LogP contribution in [0.25, 0.3) is 10.9 Å². The first kappa shape index (κ1) is 21.7. The number of aromatic nitrogens is 1. The molecule has 0 aliphatic carbocycles. The van der Waals surface area contributed by atoms with Crippen LogP contribution >= 0.6 is 15.9 Å². The summed E-state index contributed by atoms with van der Waals surface area (Å²) in [5.41, 5.74) is 0.666. The normalized spacial score (nSPS) is 14.2. The van der Waals surface area contributed by atoms with Gasteiger partial charge in [-0.05, 0) is 35.3 Å². The van der Waals surface area contributed by atoms with Gasteiger partial charge in [-0.1, -0.05) is 70.6 Å². The summed E-state index contributed by atoms with van der Waals surface area (Å²) >= 11 is 3.61. The molecule has 0 N–H and O–H groups in total. The van der Waals surface area contributed by atoms with Crippen LogP contribution in [0, 0.1) is 5.82 Å². The van der Waals surface area contributed by atoms with E-state index in [1.807, 2.05) is 6.07 Å². The molecule has 0 saturated heterocycles. The molecular weight excluding hydrogens is 425 g/mol. The van der Waals surface area contributed by atoms with Gasteiger partial charge in [0.15, 0.2) is 14.1 Å². The minimum Gasteiger partial charge on any atom is -0.532 e. The first-order valence-corrected chi connectivity index (χ1v) is 15.8. The van der Waals surface area contributed by atoms with Crippen molar-refractivity contribution in [1.82, 2.24) is 4.23 Å². The van der Waals surface area contributed by atoms with Crippen LogP contribution in [-0.4, -0.2) is 20.8 Å². The summed E-state index contributed by atoms with van der Waals surface area (Å²) in [7, 11) is -4.15. The molecule has 1 aromatic carbocycles. The van der Waals surface area contributed by atoms with Gasteiger partial charge >= 0.3 is 0 Å². The van der Waals surface area contributed by atoms with Gasteiger partial charge in [-0.15, -0.1) is 0 Å². The summed E-state index contributed by atoms with van der Waals surface area (Å²) in [4.78, 5) is 0. The quantitative estimate of drug-likeness (QED) is 0.428. The third kappa shape index (κ3) is 3.56. The van der Waals surface area contributed by atoms with Crippen LogP contribution in [0.2, 0.25) is 36.3 Å². The molecule has 0 bridgehead atoms. The van der Waals surface area contributed by atoms with Gasteiger partial charge < -0.3 is 8.66 Å². The van der Waals surface area contributed by atoms with E-state index in [4.69, 9.17) is 4.43 Å². The molecule has 2 aromatic rings. The number of hydrogen-bond donors (Lipinski definition) is 0. The van der Waals surface area contributed by atoms with Crippen LogP contribution in [0.3, 0.4) is 0 Å². The maximum absolute atomic E-state index is 15.0. The van der Waals surface area contributed by atoms with Gasteiger partial charge in [0.1, 0.15) is 5.82 Å². The number of fused-ring (bicyclic) bond motifs is 1. The molecule has 0 saturated carbocycles. The number of halogens is 2. The number of nitrogens with zero attached hydrogens (tertiary/aromatic N) is 1. The van der Waals surface area contributed by atoms with E-state index in [0.29, 0.717) is 5.52 Å². The maximum atomic E-state index is 15.0. The Labute approximate surface area is 168 Å². The highest BCUT2D eigenvalue weighted by molar-refractivity contribution is 9.10. The average Bonchev–Trinajstić information content (AvgIpc) is 2.80. The van der Waals surface area contributed by atoms with E-state index < -0.39 is 16.6 Å². The first-order valence-electron chi connectivity index (χ1n) is 9.20. The second-order valence-electron chi connectivity index (χ2n) is 10.3. The van der Waals surface area contributed by atoms with Gasteiger partial charge in [0, 0.05) is 15.9 Å². The van der Waals surface area contributed by atoms with E-state index in [9.17, 15) is 4.39 Å². The lowest BCUT2D eigenvalue weighted by Crippen LogP contribution is -2.49. The summed E-state index contributed by atoms with van der Waals surface area (Å²) in [6.45, 7) is 22.5. The van der Waals surface area contributed by atoms with Crippen molar-refractivity contribution >= 4 is 43.4 Å². The summed E-state index contributed by atoms with van der Waals surface area (Å²) in [5, 5.41) is 1.03. The molecule has 0 spiro atoms. The maximum Gasteiger partial charge on any atom is 0.252 e. The molecule has 0 radical (unpaired) electrons. The van der Waals surface area contributed by atoms with Gasteiger partial charge in [-0.25, -0.2) is 4.39 Å². The van der Waals surface area contributed by atoms with Crippen LogP contribution < -0.4 is 4.43 Å². The molecule has 0 unspecified atom stereocenters. The topological polar surface area (TPSA) is 14.2 Å². The second kappa shape index (κ2) is 6.48. The van der Waals surface area contributed by atoms with Gasteiger partial charge in [0.25, 0.3) is 8.32 Å². The van der Waals surface area contributed by atoms with E-state index >= 15 is 0 Å². The molecule has 0 atom stereocenters. The summed E-state index contributed by atoms with van der Waals surface area (Å²) in [6.07, 6.45) is 0. The highest BCUT2D eigenvalue weighted by Crippen LogP contribution is 2.46. The molecule has 146 valence electrons. The minimum atomic E-state index is -2.10. The van der Waals surface area contributed by atoms with Crippen LogP contribution in [-0.2, 0) is 0 Å². The van der Waals surface area contributed by atoms with Gasteiger partial charge in [0.2, 0.25) is 0 Å². The standard InChI is InChI=1S/C20H33BrFNOSi2/c1-19(2,3)25(7,8)23-17(24-26(9,10)20(4,5)6)13-14-15(21)11-12-16(22)18(14)23/h11-13H,1-10H3. The molecule has 2 nitrogen and oxygen atoms in total. The van der Waals surface area contributed by atoms with Gasteiger partial charge in [-0.3, -0.25) is 0 Å². The van der Waals surface area contributed by atoms with Crippen LogP contribution in [0.5, 0.6) is 5.88 Å². The van der Waals surface area contributed by atoms with Crippen molar-refractivity contribution in [3.05, 3.63) is 28.5 Å². The smallest absolute Gasteiger partial charge is 0.252 e.